The summed E-state index contributed by atoms with van der Waals surface area (Å²) in [5.74, 6) is -1.78. The average molecular weight is 436 g/mol. The third kappa shape index (κ3) is 4.50. The minimum Gasteiger partial charge on any atom is -0.477 e. The molecule has 29 heavy (non-hydrogen) atoms. The summed E-state index contributed by atoms with van der Waals surface area (Å²) >= 11 is 0. The van der Waals surface area contributed by atoms with Crippen LogP contribution >= 0.6 is 0 Å². The molecule has 3 fully saturated rings. The number of hydrogen-bond acceptors (Lipinski definition) is 6. The third-order valence-electron chi connectivity index (χ3n) is 5.94. The van der Waals surface area contributed by atoms with Crippen LogP contribution in [0.15, 0.2) is 24.4 Å². The molecule has 162 valence electrons. The summed E-state index contributed by atoms with van der Waals surface area (Å²) < 4.78 is 62.1. The standard InChI is InChI=1S/C16H22N2O3S.C2HF3O2/c19-22(20)9-7-13(10-21-15-6-1-2-8-17-15)16(22)11-18(12-16)14-4-3-5-14;3-2(4,5)1(6)7/h1-2,6,8,13-14H,3-5,7,9-12H2;(H,6,7). The molecule has 0 amide bonds. The first kappa shape index (κ1) is 21.8. The van der Waals surface area contributed by atoms with Gasteiger partial charge in [-0.2, -0.15) is 13.2 Å². The molecule has 1 atom stereocenters. The fourth-order valence-electron chi connectivity index (χ4n) is 3.98. The van der Waals surface area contributed by atoms with E-state index in [1.54, 1.807) is 6.20 Å². The lowest BCUT2D eigenvalue weighted by Crippen LogP contribution is -2.70. The first-order chi connectivity index (χ1) is 13.6. The molecule has 1 spiro atoms. The Morgan fingerprint density at radius 3 is 2.41 bits per heavy atom. The summed E-state index contributed by atoms with van der Waals surface area (Å²) in [6.07, 6.45) is 1.06. The zero-order valence-corrected chi connectivity index (χ0v) is 16.5. The van der Waals surface area contributed by atoms with Crippen molar-refractivity contribution in [3.63, 3.8) is 0 Å². The maximum atomic E-state index is 12.6. The third-order valence-corrected chi connectivity index (χ3v) is 8.55. The second kappa shape index (κ2) is 8.10. The molecule has 1 aliphatic carbocycles. The fourth-order valence-corrected chi connectivity index (χ4v) is 6.40. The average Bonchev–Trinajstić information content (AvgIpc) is 2.83. The molecular formula is C18H23F3N2O5S. The topological polar surface area (TPSA) is 96.8 Å². The Hall–Kier alpha value is -1.88. The second-order valence-electron chi connectivity index (χ2n) is 7.64. The lowest BCUT2D eigenvalue weighted by Gasteiger charge is -2.55. The van der Waals surface area contributed by atoms with Gasteiger partial charge in [-0.25, -0.2) is 18.2 Å². The number of alkyl halides is 3. The number of rotatable bonds is 4. The van der Waals surface area contributed by atoms with E-state index in [1.807, 2.05) is 18.2 Å². The van der Waals surface area contributed by atoms with Crippen LogP contribution in [0.3, 0.4) is 0 Å². The second-order valence-corrected chi connectivity index (χ2v) is 10.1. The highest BCUT2D eigenvalue weighted by Crippen LogP contribution is 2.47. The minimum absolute atomic E-state index is 0.0934. The molecule has 3 heterocycles. The molecule has 1 unspecified atom stereocenters. The number of hydrogen-bond donors (Lipinski definition) is 1. The van der Waals surface area contributed by atoms with Gasteiger partial charge < -0.3 is 9.84 Å². The van der Waals surface area contributed by atoms with Crippen molar-refractivity contribution < 1.29 is 36.2 Å². The van der Waals surface area contributed by atoms with Gasteiger partial charge in [-0.1, -0.05) is 12.5 Å². The van der Waals surface area contributed by atoms with Gasteiger partial charge in [0.15, 0.2) is 9.84 Å². The number of likely N-dealkylation sites (tertiary alicyclic amines) is 1. The maximum absolute atomic E-state index is 12.6. The van der Waals surface area contributed by atoms with Crippen LogP contribution in [-0.2, 0) is 14.6 Å². The van der Waals surface area contributed by atoms with E-state index in [9.17, 15) is 21.6 Å². The number of ether oxygens (including phenoxy) is 1. The van der Waals surface area contributed by atoms with E-state index in [2.05, 4.69) is 9.88 Å². The number of aliphatic carboxylic acids is 1. The van der Waals surface area contributed by atoms with Crippen molar-refractivity contribution in [2.75, 3.05) is 25.4 Å². The molecule has 3 aliphatic rings. The lowest BCUT2D eigenvalue weighted by molar-refractivity contribution is -0.192. The summed E-state index contributed by atoms with van der Waals surface area (Å²) in [5.41, 5.74) is 0. The van der Waals surface area contributed by atoms with Crippen molar-refractivity contribution >= 4 is 15.8 Å². The summed E-state index contributed by atoms with van der Waals surface area (Å²) in [6, 6.07) is 6.17. The molecule has 1 N–H and O–H groups in total. The van der Waals surface area contributed by atoms with E-state index in [-0.39, 0.29) is 5.92 Å². The Morgan fingerprint density at radius 2 is 1.93 bits per heavy atom. The van der Waals surface area contributed by atoms with Gasteiger partial charge in [-0.15, -0.1) is 0 Å². The van der Waals surface area contributed by atoms with Crippen LogP contribution in [0.2, 0.25) is 0 Å². The Bertz CT molecular complexity index is 822. The van der Waals surface area contributed by atoms with Crippen molar-refractivity contribution in [1.29, 1.82) is 0 Å². The zero-order chi connectivity index (χ0) is 21.3. The van der Waals surface area contributed by atoms with Gasteiger partial charge in [0.25, 0.3) is 0 Å². The molecule has 0 radical (unpaired) electrons. The van der Waals surface area contributed by atoms with E-state index >= 15 is 0 Å². The lowest BCUT2D eigenvalue weighted by atomic mass is 9.79. The van der Waals surface area contributed by atoms with E-state index in [0.29, 0.717) is 43.8 Å². The van der Waals surface area contributed by atoms with Gasteiger partial charge in [0.2, 0.25) is 5.88 Å². The Kier molecular flexibility index (Phi) is 6.09. The molecule has 2 saturated heterocycles. The van der Waals surface area contributed by atoms with Gasteiger partial charge >= 0.3 is 12.1 Å². The first-order valence-electron chi connectivity index (χ1n) is 9.35. The number of carbonyl (C=O) groups is 1. The predicted molar refractivity (Wildman–Crippen MR) is 97.3 cm³/mol. The Morgan fingerprint density at radius 1 is 1.28 bits per heavy atom. The number of sulfone groups is 1. The Balaban J connectivity index is 0.000000298. The number of halogens is 3. The number of nitrogens with zero attached hydrogens (tertiary/aromatic N) is 2. The largest absolute Gasteiger partial charge is 0.490 e. The quantitative estimate of drug-likeness (QED) is 0.772. The zero-order valence-electron chi connectivity index (χ0n) is 15.6. The van der Waals surface area contributed by atoms with Crippen molar-refractivity contribution in [2.45, 2.75) is 42.6 Å². The van der Waals surface area contributed by atoms with Crippen LogP contribution in [-0.4, -0.2) is 71.8 Å². The first-order valence-corrected chi connectivity index (χ1v) is 11.0. The Labute approximate surface area is 166 Å². The number of carboxylic acids is 1. The monoisotopic (exact) mass is 436 g/mol. The normalized spacial score (nSPS) is 25.4. The summed E-state index contributed by atoms with van der Waals surface area (Å²) in [4.78, 5) is 15.4. The van der Waals surface area contributed by atoms with Gasteiger partial charge in [0, 0.05) is 37.3 Å². The predicted octanol–water partition coefficient (Wildman–Crippen LogP) is 2.14. The highest BCUT2D eigenvalue weighted by atomic mass is 32.2. The van der Waals surface area contributed by atoms with E-state index < -0.39 is 26.7 Å². The highest BCUT2D eigenvalue weighted by molar-refractivity contribution is 7.93. The van der Waals surface area contributed by atoms with Crippen LogP contribution in [0.5, 0.6) is 5.88 Å². The van der Waals surface area contributed by atoms with E-state index in [1.165, 1.54) is 19.3 Å². The number of carboxylic acid groups (broad SMARTS) is 1. The minimum atomic E-state index is -5.08. The summed E-state index contributed by atoms with van der Waals surface area (Å²) in [6.45, 7) is 1.86. The van der Waals surface area contributed by atoms with Crippen molar-refractivity contribution in [1.82, 2.24) is 9.88 Å². The molecule has 1 aromatic heterocycles. The van der Waals surface area contributed by atoms with Crippen molar-refractivity contribution in [3.05, 3.63) is 24.4 Å². The van der Waals surface area contributed by atoms with Gasteiger partial charge in [-0.3, -0.25) is 4.90 Å². The molecule has 11 heteroatoms. The van der Waals surface area contributed by atoms with E-state index in [4.69, 9.17) is 14.6 Å². The van der Waals surface area contributed by atoms with Crippen LogP contribution < -0.4 is 4.74 Å². The van der Waals surface area contributed by atoms with Gasteiger partial charge in [-0.05, 0) is 25.3 Å². The molecular weight excluding hydrogens is 413 g/mol. The molecule has 7 nitrogen and oxygen atoms in total. The van der Waals surface area contributed by atoms with Crippen molar-refractivity contribution in [2.24, 2.45) is 5.92 Å². The van der Waals surface area contributed by atoms with Crippen LogP contribution in [0, 0.1) is 5.92 Å². The van der Waals surface area contributed by atoms with Gasteiger partial charge in [0.1, 0.15) is 4.75 Å². The van der Waals surface area contributed by atoms with Crippen LogP contribution in [0.4, 0.5) is 13.2 Å². The molecule has 4 rings (SSSR count). The maximum Gasteiger partial charge on any atom is 0.490 e. The number of pyridine rings is 1. The molecule has 1 saturated carbocycles. The molecule has 2 aliphatic heterocycles. The van der Waals surface area contributed by atoms with E-state index in [0.717, 1.165) is 0 Å². The van der Waals surface area contributed by atoms with Crippen LogP contribution in [0.1, 0.15) is 25.7 Å². The smallest absolute Gasteiger partial charge is 0.477 e. The highest BCUT2D eigenvalue weighted by Gasteiger charge is 2.62. The van der Waals surface area contributed by atoms with Crippen LogP contribution in [0.25, 0.3) is 0 Å². The summed E-state index contributed by atoms with van der Waals surface area (Å²) in [5, 5.41) is 7.12. The molecule has 0 bridgehead atoms. The number of aromatic nitrogens is 1. The molecule has 1 aromatic rings. The van der Waals surface area contributed by atoms with Crippen molar-refractivity contribution in [3.8, 4) is 5.88 Å². The summed E-state index contributed by atoms with van der Waals surface area (Å²) in [7, 11) is -3.00. The van der Waals surface area contributed by atoms with Gasteiger partial charge in [0.05, 0.1) is 12.4 Å². The fraction of sp³-hybridized carbons (Fsp3) is 0.667. The SMILES string of the molecule is O=C(O)C(F)(F)F.O=S1(=O)CCC(COc2ccccn2)C12CN(C1CCC1)C2. The molecule has 0 aromatic carbocycles.